The van der Waals surface area contributed by atoms with E-state index in [2.05, 4.69) is 50.4 Å². The molecule has 0 radical (unpaired) electrons. The number of aryl methyl sites for hydroxylation is 1. The highest BCUT2D eigenvalue weighted by molar-refractivity contribution is 9.11. The molecule has 3 rings (SSSR count). The molecule has 22 heavy (non-hydrogen) atoms. The van der Waals surface area contributed by atoms with Gasteiger partial charge in [0.05, 0.1) is 15.2 Å². The van der Waals surface area contributed by atoms with Crippen molar-refractivity contribution in [2.24, 2.45) is 0 Å². The molecule has 0 unspecified atom stereocenters. The largest absolute Gasteiger partial charge is 0.289 e. The van der Waals surface area contributed by atoms with Gasteiger partial charge in [0.15, 0.2) is 17.6 Å². The van der Waals surface area contributed by atoms with Crippen molar-refractivity contribution >= 4 is 44.1 Å². The van der Waals surface area contributed by atoms with Gasteiger partial charge in [-0.3, -0.25) is 4.79 Å². The minimum absolute atomic E-state index is 0.152. The van der Waals surface area contributed by atoms with Gasteiger partial charge in [0.1, 0.15) is 0 Å². The molecule has 0 bridgehead atoms. The molecular weight excluding hydrogens is 360 g/mol. The lowest BCUT2D eigenvalue weighted by atomic mass is 10.3. The van der Waals surface area contributed by atoms with Gasteiger partial charge in [0, 0.05) is 0 Å². The Hall–Kier alpha value is -1.46. The van der Waals surface area contributed by atoms with Crippen LogP contribution in [-0.4, -0.2) is 10.4 Å². The van der Waals surface area contributed by atoms with Crippen LogP contribution in [-0.2, 0) is 13.1 Å². The topological polar surface area (TPSA) is 25.9 Å². The first-order chi connectivity index (χ1) is 10.7. The molecule has 0 spiro atoms. The third-order valence-corrected chi connectivity index (χ3v) is 5.36. The number of nitrogens with zero attached hydrogens (tertiary/aromatic N) is 2. The van der Waals surface area contributed by atoms with Gasteiger partial charge in [-0.25, -0.2) is 9.13 Å². The lowest BCUT2D eigenvalue weighted by molar-refractivity contribution is -0.657. The van der Waals surface area contributed by atoms with E-state index < -0.39 is 0 Å². The van der Waals surface area contributed by atoms with Gasteiger partial charge < -0.3 is 0 Å². The summed E-state index contributed by atoms with van der Waals surface area (Å²) in [6.07, 6.45) is 4.38. The van der Waals surface area contributed by atoms with Crippen LogP contribution in [0.1, 0.15) is 29.4 Å². The van der Waals surface area contributed by atoms with E-state index in [1.165, 1.54) is 16.9 Å². The van der Waals surface area contributed by atoms with Crippen LogP contribution >= 0.6 is 27.3 Å². The number of halogens is 1. The molecule has 3 nitrogen and oxygen atoms in total. The van der Waals surface area contributed by atoms with Gasteiger partial charge >= 0.3 is 0 Å². The second kappa shape index (κ2) is 6.75. The van der Waals surface area contributed by atoms with E-state index in [4.69, 9.17) is 0 Å². The molecule has 0 aliphatic carbocycles. The molecule has 0 atom stereocenters. The number of Topliss-reactive ketones (excluding diaryl/α,β-unsaturated/α-hetero) is 1. The first kappa shape index (κ1) is 15.4. The Morgan fingerprint density at radius 1 is 1.27 bits per heavy atom. The van der Waals surface area contributed by atoms with Gasteiger partial charge in [-0.05, 0) is 46.6 Å². The van der Waals surface area contributed by atoms with Crippen LogP contribution in [0, 0.1) is 0 Å². The SMILES string of the molecule is CCCCn1c[n+](CC(=O)c2ccc(Br)s2)c2ccccc21. The van der Waals surface area contributed by atoms with E-state index in [9.17, 15) is 4.79 Å². The number of aromatic nitrogens is 2. The summed E-state index contributed by atoms with van der Waals surface area (Å²) in [5.74, 6) is 0.152. The number of thiophene rings is 1. The predicted octanol–water partition coefficient (Wildman–Crippen LogP) is 4.44. The van der Waals surface area contributed by atoms with Crippen molar-refractivity contribution in [3.8, 4) is 0 Å². The van der Waals surface area contributed by atoms with Gasteiger partial charge in [0.25, 0.3) is 0 Å². The van der Waals surface area contributed by atoms with Crippen LogP contribution in [0.25, 0.3) is 11.0 Å². The third-order valence-electron chi connectivity index (χ3n) is 3.69. The minimum atomic E-state index is 0.152. The molecular formula is C17H18BrN2OS+. The standard InChI is InChI=1S/C17H18BrN2OS/c1-2-3-10-19-12-20(14-7-5-4-6-13(14)19)11-15(21)16-8-9-17(18)22-16/h4-9,12H,2-3,10-11H2,1H3/q+1. The number of imidazole rings is 1. The molecule has 0 fully saturated rings. The average Bonchev–Trinajstić information content (AvgIpc) is 3.10. The fourth-order valence-electron chi connectivity index (χ4n) is 2.57. The van der Waals surface area contributed by atoms with Crippen LogP contribution in [0.5, 0.6) is 0 Å². The monoisotopic (exact) mass is 377 g/mol. The van der Waals surface area contributed by atoms with E-state index in [1.807, 2.05) is 24.3 Å². The van der Waals surface area contributed by atoms with Gasteiger partial charge in [0.2, 0.25) is 12.1 Å². The number of hydrogen-bond acceptors (Lipinski definition) is 2. The fraction of sp³-hybridized carbons (Fsp3) is 0.294. The van der Waals surface area contributed by atoms with E-state index in [-0.39, 0.29) is 5.78 Å². The first-order valence-electron chi connectivity index (χ1n) is 7.45. The summed E-state index contributed by atoms with van der Waals surface area (Å²) < 4.78 is 5.29. The van der Waals surface area contributed by atoms with Crippen molar-refractivity contribution in [2.75, 3.05) is 0 Å². The maximum absolute atomic E-state index is 12.5. The molecule has 3 aromatic rings. The second-order valence-electron chi connectivity index (χ2n) is 5.31. The van der Waals surface area contributed by atoms with Crippen molar-refractivity contribution < 1.29 is 9.36 Å². The van der Waals surface area contributed by atoms with E-state index in [0.717, 1.165) is 33.6 Å². The summed E-state index contributed by atoms with van der Waals surface area (Å²) in [5, 5.41) is 0. The van der Waals surface area contributed by atoms with E-state index in [0.29, 0.717) is 6.54 Å². The quantitative estimate of drug-likeness (QED) is 0.460. The highest BCUT2D eigenvalue weighted by Gasteiger charge is 2.19. The highest BCUT2D eigenvalue weighted by Crippen LogP contribution is 2.22. The van der Waals surface area contributed by atoms with Gasteiger partial charge in [-0.2, -0.15) is 0 Å². The fourth-order valence-corrected chi connectivity index (χ4v) is 3.89. The molecule has 0 aliphatic rings. The number of fused-ring (bicyclic) bond motifs is 1. The molecule has 114 valence electrons. The number of ketones is 1. The molecule has 0 N–H and O–H groups in total. The first-order valence-corrected chi connectivity index (χ1v) is 9.06. The number of hydrogen-bond donors (Lipinski definition) is 0. The lowest BCUT2D eigenvalue weighted by Gasteiger charge is -1.95. The van der Waals surface area contributed by atoms with Crippen molar-refractivity contribution in [3.05, 3.63) is 51.4 Å². The van der Waals surface area contributed by atoms with Crippen molar-refractivity contribution in [3.63, 3.8) is 0 Å². The zero-order valence-electron chi connectivity index (χ0n) is 12.5. The summed E-state index contributed by atoms with van der Waals surface area (Å²) in [6.45, 7) is 3.56. The number of rotatable bonds is 6. The van der Waals surface area contributed by atoms with Crippen LogP contribution in [0.3, 0.4) is 0 Å². The Morgan fingerprint density at radius 3 is 2.82 bits per heavy atom. The summed E-state index contributed by atoms with van der Waals surface area (Å²) in [5.41, 5.74) is 2.30. The molecule has 2 aromatic heterocycles. The van der Waals surface area contributed by atoms with E-state index in [1.54, 1.807) is 0 Å². The highest BCUT2D eigenvalue weighted by atomic mass is 79.9. The van der Waals surface area contributed by atoms with Crippen molar-refractivity contribution in [1.82, 2.24) is 4.57 Å². The lowest BCUT2D eigenvalue weighted by Crippen LogP contribution is -2.36. The number of carbonyl (C=O) groups excluding carboxylic acids is 1. The summed E-state index contributed by atoms with van der Waals surface area (Å²) in [4.78, 5) is 13.2. The summed E-state index contributed by atoms with van der Waals surface area (Å²) in [7, 11) is 0. The van der Waals surface area contributed by atoms with Crippen LogP contribution in [0.15, 0.2) is 46.5 Å². The Bertz CT molecular complexity index is 806. The normalized spacial score (nSPS) is 11.2. The van der Waals surface area contributed by atoms with Crippen LogP contribution in [0.4, 0.5) is 0 Å². The van der Waals surface area contributed by atoms with Gasteiger partial charge in [-0.1, -0.05) is 25.5 Å². The predicted molar refractivity (Wildman–Crippen MR) is 93.4 cm³/mol. The smallest absolute Gasteiger partial charge is 0.245 e. The second-order valence-corrected chi connectivity index (χ2v) is 7.77. The average molecular weight is 378 g/mol. The number of benzene rings is 1. The van der Waals surface area contributed by atoms with Crippen molar-refractivity contribution in [2.45, 2.75) is 32.9 Å². The summed E-state index contributed by atoms with van der Waals surface area (Å²) in [6, 6.07) is 12.1. The Morgan fingerprint density at radius 2 is 2.09 bits per heavy atom. The van der Waals surface area contributed by atoms with E-state index >= 15 is 0 Å². The Kier molecular flexibility index (Phi) is 4.74. The zero-order valence-corrected chi connectivity index (χ0v) is 14.9. The summed E-state index contributed by atoms with van der Waals surface area (Å²) >= 11 is 4.90. The maximum atomic E-state index is 12.5. The molecule has 0 saturated carbocycles. The van der Waals surface area contributed by atoms with Gasteiger partial charge in [-0.15, -0.1) is 11.3 Å². The number of unbranched alkanes of at least 4 members (excludes halogenated alkanes) is 1. The molecule has 2 heterocycles. The molecule has 1 aromatic carbocycles. The number of carbonyl (C=O) groups is 1. The maximum Gasteiger partial charge on any atom is 0.245 e. The molecule has 0 saturated heterocycles. The van der Waals surface area contributed by atoms with Crippen molar-refractivity contribution in [1.29, 1.82) is 0 Å². The Balaban J connectivity index is 1.91. The third kappa shape index (κ3) is 3.15. The molecule has 0 amide bonds. The molecule has 0 aliphatic heterocycles. The van der Waals surface area contributed by atoms with Crippen LogP contribution < -0.4 is 4.57 Å². The molecule has 5 heteroatoms. The Labute approximate surface area is 142 Å². The zero-order chi connectivity index (χ0) is 15.5. The minimum Gasteiger partial charge on any atom is -0.289 e. The van der Waals surface area contributed by atoms with Crippen LogP contribution in [0.2, 0.25) is 0 Å². The number of para-hydroxylation sites is 2.